The number of rotatable bonds is 8. The maximum Gasteiger partial charge on any atom is 0.251 e. The van der Waals surface area contributed by atoms with Crippen LogP contribution in [-0.4, -0.2) is 24.9 Å². The van der Waals surface area contributed by atoms with Crippen LogP contribution in [0.3, 0.4) is 0 Å². The summed E-state index contributed by atoms with van der Waals surface area (Å²) in [5.74, 6) is -0.0933. The summed E-state index contributed by atoms with van der Waals surface area (Å²) < 4.78 is 0. The van der Waals surface area contributed by atoms with Crippen LogP contribution in [0, 0.1) is 0 Å². The molecule has 0 aromatic heterocycles. The predicted molar refractivity (Wildman–Crippen MR) is 100 cm³/mol. The summed E-state index contributed by atoms with van der Waals surface area (Å²) in [4.78, 5) is 23.9. The van der Waals surface area contributed by atoms with Crippen LogP contribution >= 0.6 is 0 Å². The molecule has 0 spiro atoms. The van der Waals surface area contributed by atoms with Gasteiger partial charge in [0.1, 0.15) is 0 Å². The van der Waals surface area contributed by atoms with E-state index in [1.807, 2.05) is 36.4 Å². The fraction of sp³-hybridized carbons (Fsp3) is 0.333. The number of nitrogens with one attached hydrogen (secondary N) is 2. The zero-order chi connectivity index (χ0) is 18.1. The molecule has 0 aliphatic rings. The van der Waals surface area contributed by atoms with Crippen LogP contribution in [-0.2, 0) is 10.2 Å². The summed E-state index contributed by atoms with van der Waals surface area (Å²) in [7, 11) is 0. The van der Waals surface area contributed by atoms with Crippen molar-refractivity contribution in [2.75, 3.05) is 13.1 Å². The van der Waals surface area contributed by atoms with E-state index in [-0.39, 0.29) is 17.2 Å². The molecule has 2 aromatic rings. The average molecular weight is 338 g/mol. The molecular formula is C21H26N2O2. The van der Waals surface area contributed by atoms with Gasteiger partial charge in [0.25, 0.3) is 5.91 Å². The van der Waals surface area contributed by atoms with Crippen molar-refractivity contribution in [3.05, 3.63) is 71.8 Å². The third-order valence-corrected chi connectivity index (χ3v) is 4.18. The molecule has 0 aliphatic heterocycles. The number of hydrogen-bond donors (Lipinski definition) is 2. The first-order valence-electron chi connectivity index (χ1n) is 8.64. The van der Waals surface area contributed by atoms with Gasteiger partial charge in [-0.3, -0.25) is 9.59 Å². The van der Waals surface area contributed by atoms with Crippen molar-refractivity contribution in [2.24, 2.45) is 0 Å². The molecule has 132 valence electrons. The van der Waals surface area contributed by atoms with Crippen molar-refractivity contribution >= 4 is 11.8 Å². The second kappa shape index (κ2) is 9.02. The SMILES string of the molecule is CC(C)(CNC(=O)CCCNC(=O)c1ccccc1)c1ccccc1. The molecule has 2 rings (SSSR count). The van der Waals surface area contributed by atoms with Crippen molar-refractivity contribution in [1.82, 2.24) is 10.6 Å². The highest BCUT2D eigenvalue weighted by molar-refractivity contribution is 5.94. The first-order valence-corrected chi connectivity index (χ1v) is 8.64. The van der Waals surface area contributed by atoms with Gasteiger partial charge in [-0.1, -0.05) is 62.4 Å². The summed E-state index contributed by atoms with van der Waals surface area (Å²) >= 11 is 0. The highest BCUT2D eigenvalue weighted by Gasteiger charge is 2.20. The van der Waals surface area contributed by atoms with E-state index in [0.29, 0.717) is 31.5 Å². The summed E-state index contributed by atoms with van der Waals surface area (Å²) in [5, 5.41) is 5.82. The van der Waals surface area contributed by atoms with Gasteiger partial charge in [-0.2, -0.15) is 0 Å². The molecule has 0 heterocycles. The van der Waals surface area contributed by atoms with Crippen molar-refractivity contribution < 1.29 is 9.59 Å². The molecule has 2 amide bonds. The standard InChI is InChI=1S/C21H26N2O2/c1-21(2,18-12-7-4-8-13-18)16-23-19(24)14-9-15-22-20(25)17-10-5-3-6-11-17/h3-8,10-13H,9,14-16H2,1-2H3,(H,22,25)(H,23,24). The Hall–Kier alpha value is -2.62. The Balaban J connectivity index is 1.67. The Morgan fingerprint density at radius 3 is 2.12 bits per heavy atom. The van der Waals surface area contributed by atoms with Gasteiger partial charge in [0.05, 0.1) is 0 Å². The molecule has 2 N–H and O–H groups in total. The van der Waals surface area contributed by atoms with E-state index in [4.69, 9.17) is 0 Å². The van der Waals surface area contributed by atoms with Crippen LogP contribution in [0.5, 0.6) is 0 Å². The Morgan fingerprint density at radius 2 is 1.48 bits per heavy atom. The quantitative estimate of drug-likeness (QED) is 0.726. The van der Waals surface area contributed by atoms with E-state index in [9.17, 15) is 9.59 Å². The summed E-state index contributed by atoms with van der Waals surface area (Å²) in [6.45, 7) is 5.31. The zero-order valence-electron chi connectivity index (χ0n) is 14.9. The van der Waals surface area contributed by atoms with Crippen LogP contribution < -0.4 is 10.6 Å². The summed E-state index contributed by atoms with van der Waals surface area (Å²) in [6.07, 6.45) is 1.02. The second-order valence-electron chi connectivity index (χ2n) is 6.75. The van der Waals surface area contributed by atoms with Gasteiger partial charge in [-0.15, -0.1) is 0 Å². The molecule has 0 fully saturated rings. The number of carbonyl (C=O) groups is 2. The lowest BCUT2D eigenvalue weighted by atomic mass is 9.84. The number of amides is 2. The molecule has 0 atom stereocenters. The number of benzene rings is 2. The van der Waals surface area contributed by atoms with Gasteiger partial charge >= 0.3 is 0 Å². The first kappa shape index (κ1) is 18.7. The molecule has 0 saturated carbocycles. The second-order valence-corrected chi connectivity index (χ2v) is 6.75. The van der Waals surface area contributed by atoms with Gasteiger partial charge in [-0.05, 0) is 24.1 Å². The van der Waals surface area contributed by atoms with E-state index < -0.39 is 0 Å². The minimum atomic E-state index is -0.113. The van der Waals surface area contributed by atoms with Crippen LogP contribution in [0.25, 0.3) is 0 Å². The lowest BCUT2D eigenvalue weighted by Crippen LogP contribution is -2.37. The van der Waals surface area contributed by atoms with Gasteiger partial charge in [0.2, 0.25) is 5.91 Å². The molecule has 0 bridgehead atoms. The Bertz CT molecular complexity index is 682. The fourth-order valence-electron chi connectivity index (χ4n) is 2.54. The van der Waals surface area contributed by atoms with Gasteiger partial charge in [0, 0.05) is 30.5 Å². The van der Waals surface area contributed by atoms with Gasteiger partial charge in [0.15, 0.2) is 0 Å². The number of hydrogen-bond acceptors (Lipinski definition) is 2. The Kier molecular flexibility index (Phi) is 6.75. The molecule has 0 unspecified atom stereocenters. The van der Waals surface area contributed by atoms with Crippen molar-refractivity contribution in [1.29, 1.82) is 0 Å². The number of carbonyl (C=O) groups excluding carboxylic acids is 2. The molecule has 4 nitrogen and oxygen atoms in total. The van der Waals surface area contributed by atoms with Gasteiger partial charge in [-0.25, -0.2) is 0 Å². The monoisotopic (exact) mass is 338 g/mol. The molecular weight excluding hydrogens is 312 g/mol. The highest BCUT2D eigenvalue weighted by Crippen LogP contribution is 2.21. The lowest BCUT2D eigenvalue weighted by molar-refractivity contribution is -0.121. The van der Waals surface area contributed by atoms with E-state index in [0.717, 1.165) is 0 Å². The summed E-state index contributed by atoms with van der Waals surface area (Å²) in [6, 6.07) is 19.2. The van der Waals surface area contributed by atoms with Crippen LogP contribution in [0.1, 0.15) is 42.6 Å². The maximum absolute atomic E-state index is 12.0. The van der Waals surface area contributed by atoms with E-state index >= 15 is 0 Å². The van der Waals surface area contributed by atoms with Gasteiger partial charge < -0.3 is 10.6 Å². The third kappa shape index (κ3) is 6.07. The molecule has 0 aliphatic carbocycles. The normalized spacial score (nSPS) is 11.0. The largest absolute Gasteiger partial charge is 0.355 e. The Labute approximate surface area is 149 Å². The Morgan fingerprint density at radius 1 is 0.880 bits per heavy atom. The van der Waals surface area contributed by atoms with E-state index in [1.54, 1.807) is 12.1 Å². The molecule has 2 aromatic carbocycles. The molecule has 4 heteroatoms. The van der Waals surface area contributed by atoms with Crippen LogP contribution in [0.15, 0.2) is 60.7 Å². The van der Waals surface area contributed by atoms with Crippen molar-refractivity contribution in [2.45, 2.75) is 32.1 Å². The fourth-order valence-corrected chi connectivity index (χ4v) is 2.54. The minimum Gasteiger partial charge on any atom is -0.355 e. The van der Waals surface area contributed by atoms with Crippen molar-refractivity contribution in [3.8, 4) is 0 Å². The minimum absolute atomic E-state index is 0.0120. The topological polar surface area (TPSA) is 58.2 Å². The van der Waals surface area contributed by atoms with Crippen LogP contribution in [0.4, 0.5) is 0 Å². The first-order chi connectivity index (χ1) is 12.0. The van der Waals surface area contributed by atoms with E-state index in [1.165, 1.54) is 5.56 Å². The molecule has 25 heavy (non-hydrogen) atoms. The maximum atomic E-state index is 12.0. The third-order valence-electron chi connectivity index (χ3n) is 4.18. The smallest absolute Gasteiger partial charge is 0.251 e. The molecule has 0 saturated heterocycles. The predicted octanol–water partition coefficient (Wildman–Crippen LogP) is 3.29. The van der Waals surface area contributed by atoms with Crippen molar-refractivity contribution in [3.63, 3.8) is 0 Å². The highest BCUT2D eigenvalue weighted by atomic mass is 16.2. The zero-order valence-corrected chi connectivity index (χ0v) is 14.9. The molecule has 0 radical (unpaired) electrons. The van der Waals surface area contributed by atoms with Crippen LogP contribution in [0.2, 0.25) is 0 Å². The van der Waals surface area contributed by atoms with E-state index in [2.05, 4.69) is 36.6 Å². The summed E-state index contributed by atoms with van der Waals surface area (Å²) in [5.41, 5.74) is 1.72. The average Bonchev–Trinajstić information content (AvgIpc) is 2.65. The lowest BCUT2D eigenvalue weighted by Gasteiger charge is -2.25.